The Morgan fingerprint density at radius 3 is 3.06 bits per heavy atom. The van der Waals surface area contributed by atoms with Crippen LogP contribution in [0.2, 0.25) is 0 Å². The second-order valence-corrected chi connectivity index (χ2v) is 4.54. The molecule has 2 atom stereocenters. The molecule has 0 radical (unpaired) electrons. The summed E-state index contributed by atoms with van der Waals surface area (Å²) < 4.78 is 5.31. The van der Waals surface area contributed by atoms with E-state index < -0.39 is 0 Å². The Balaban J connectivity index is 2.13. The molecule has 1 aliphatic heterocycles. The van der Waals surface area contributed by atoms with Gasteiger partial charge in [0.2, 0.25) is 5.91 Å². The van der Waals surface area contributed by atoms with Gasteiger partial charge in [-0.3, -0.25) is 4.79 Å². The summed E-state index contributed by atoms with van der Waals surface area (Å²) >= 11 is 0. The number of hydrogen-bond donors (Lipinski definition) is 2. The van der Waals surface area contributed by atoms with Gasteiger partial charge in [0.1, 0.15) is 0 Å². The van der Waals surface area contributed by atoms with E-state index >= 15 is 0 Å². The molecule has 1 aliphatic rings. The average molecular weight is 228 g/mol. The van der Waals surface area contributed by atoms with E-state index in [4.69, 9.17) is 4.74 Å². The van der Waals surface area contributed by atoms with Crippen LogP contribution in [0.4, 0.5) is 0 Å². The highest BCUT2D eigenvalue weighted by Crippen LogP contribution is 2.02. The van der Waals surface area contributed by atoms with E-state index in [0.29, 0.717) is 13.0 Å². The molecule has 0 spiro atoms. The maximum absolute atomic E-state index is 11.7. The Labute approximate surface area is 98.1 Å². The SMILES string of the molecule is CCCCC(C)NC(=O)CC1COCCN1. The number of rotatable bonds is 6. The van der Waals surface area contributed by atoms with Gasteiger partial charge >= 0.3 is 0 Å². The predicted molar refractivity (Wildman–Crippen MR) is 64.4 cm³/mol. The number of ether oxygens (including phenoxy) is 1. The van der Waals surface area contributed by atoms with Crippen molar-refractivity contribution in [2.24, 2.45) is 0 Å². The zero-order valence-electron chi connectivity index (χ0n) is 10.4. The van der Waals surface area contributed by atoms with Crippen molar-refractivity contribution in [1.29, 1.82) is 0 Å². The van der Waals surface area contributed by atoms with Crippen molar-refractivity contribution < 1.29 is 9.53 Å². The van der Waals surface area contributed by atoms with Crippen LogP contribution in [0.5, 0.6) is 0 Å². The Bertz CT molecular complexity index is 203. The van der Waals surface area contributed by atoms with Crippen molar-refractivity contribution in [3.63, 3.8) is 0 Å². The third kappa shape index (κ3) is 5.47. The molecule has 0 aliphatic carbocycles. The van der Waals surface area contributed by atoms with Gasteiger partial charge in [-0.2, -0.15) is 0 Å². The fourth-order valence-electron chi connectivity index (χ4n) is 1.89. The average Bonchev–Trinajstić information content (AvgIpc) is 2.27. The second kappa shape index (κ2) is 7.63. The molecule has 0 aromatic heterocycles. The minimum absolute atomic E-state index is 0.131. The first kappa shape index (κ1) is 13.5. The topological polar surface area (TPSA) is 50.4 Å². The van der Waals surface area contributed by atoms with Crippen molar-refractivity contribution in [3.05, 3.63) is 0 Å². The van der Waals surface area contributed by atoms with Crippen LogP contribution < -0.4 is 10.6 Å². The highest BCUT2D eigenvalue weighted by Gasteiger charge is 2.17. The van der Waals surface area contributed by atoms with Crippen LogP contribution >= 0.6 is 0 Å². The van der Waals surface area contributed by atoms with Gasteiger partial charge in [0.25, 0.3) is 0 Å². The zero-order valence-corrected chi connectivity index (χ0v) is 10.4. The summed E-state index contributed by atoms with van der Waals surface area (Å²) in [5.74, 6) is 0.131. The lowest BCUT2D eigenvalue weighted by Crippen LogP contribution is -2.45. The molecule has 2 unspecified atom stereocenters. The van der Waals surface area contributed by atoms with Gasteiger partial charge in [0.15, 0.2) is 0 Å². The van der Waals surface area contributed by atoms with Gasteiger partial charge in [-0.05, 0) is 13.3 Å². The van der Waals surface area contributed by atoms with E-state index in [1.54, 1.807) is 0 Å². The number of amides is 1. The summed E-state index contributed by atoms with van der Waals surface area (Å²) in [6.07, 6.45) is 3.94. The number of hydrogen-bond acceptors (Lipinski definition) is 3. The van der Waals surface area contributed by atoms with Crippen LogP contribution in [-0.2, 0) is 9.53 Å². The van der Waals surface area contributed by atoms with Crippen molar-refractivity contribution in [3.8, 4) is 0 Å². The predicted octanol–water partition coefficient (Wildman–Crippen LogP) is 1.06. The normalized spacial score (nSPS) is 22.8. The number of morpholine rings is 1. The third-order valence-electron chi connectivity index (χ3n) is 2.83. The monoisotopic (exact) mass is 228 g/mol. The van der Waals surface area contributed by atoms with E-state index in [1.807, 2.05) is 0 Å². The van der Waals surface area contributed by atoms with Crippen molar-refractivity contribution in [1.82, 2.24) is 10.6 Å². The molecular formula is C12H24N2O2. The summed E-state index contributed by atoms with van der Waals surface area (Å²) in [5.41, 5.74) is 0. The molecule has 1 rings (SSSR count). The molecule has 4 heteroatoms. The van der Waals surface area contributed by atoms with Crippen LogP contribution in [0.25, 0.3) is 0 Å². The fraction of sp³-hybridized carbons (Fsp3) is 0.917. The molecule has 1 saturated heterocycles. The summed E-state index contributed by atoms with van der Waals surface area (Å²) in [5, 5.41) is 6.31. The highest BCUT2D eigenvalue weighted by molar-refractivity contribution is 5.76. The van der Waals surface area contributed by atoms with Crippen LogP contribution in [0.15, 0.2) is 0 Å². The molecular weight excluding hydrogens is 204 g/mol. The van der Waals surface area contributed by atoms with Crippen molar-refractivity contribution in [2.75, 3.05) is 19.8 Å². The van der Waals surface area contributed by atoms with E-state index in [0.717, 1.165) is 19.6 Å². The maximum Gasteiger partial charge on any atom is 0.221 e. The van der Waals surface area contributed by atoms with Gasteiger partial charge in [-0.25, -0.2) is 0 Å². The lowest BCUT2D eigenvalue weighted by molar-refractivity contribution is -0.122. The molecule has 4 nitrogen and oxygen atoms in total. The van der Waals surface area contributed by atoms with Gasteiger partial charge < -0.3 is 15.4 Å². The number of carbonyl (C=O) groups excluding carboxylic acids is 1. The Kier molecular flexibility index (Phi) is 6.42. The van der Waals surface area contributed by atoms with E-state index in [-0.39, 0.29) is 18.0 Å². The molecule has 2 N–H and O–H groups in total. The Morgan fingerprint density at radius 2 is 2.44 bits per heavy atom. The Morgan fingerprint density at radius 1 is 1.62 bits per heavy atom. The smallest absolute Gasteiger partial charge is 0.221 e. The molecule has 0 aromatic rings. The summed E-state index contributed by atoms with van der Waals surface area (Å²) in [7, 11) is 0. The first-order valence-corrected chi connectivity index (χ1v) is 6.33. The summed E-state index contributed by atoms with van der Waals surface area (Å²) in [6.45, 7) is 6.49. The highest BCUT2D eigenvalue weighted by atomic mass is 16.5. The third-order valence-corrected chi connectivity index (χ3v) is 2.83. The van der Waals surface area contributed by atoms with Gasteiger partial charge in [-0.15, -0.1) is 0 Å². The summed E-state index contributed by atoms with van der Waals surface area (Å²) in [4.78, 5) is 11.7. The zero-order chi connectivity index (χ0) is 11.8. The quantitative estimate of drug-likeness (QED) is 0.714. The van der Waals surface area contributed by atoms with Gasteiger partial charge in [0.05, 0.1) is 13.2 Å². The summed E-state index contributed by atoms with van der Waals surface area (Å²) in [6, 6.07) is 0.476. The van der Waals surface area contributed by atoms with Gasteiger partial charge in [-0.1, -0.05) is 19.8 Å². The fourth-order valence-corrected chi connectivity index (χ4v) is 1.89. The van der Waals surface area contributed by atoms with E-state index in [1.165, 1.54) is 12.8 Å². The number of carbonyl (C=O) groups is 1. The molecule has 1 amide bonds. The number of unbranched alkanes of at least 4 members (excludes halogenated alkanes) is 1. The van der Waals surface area contributed by atoms with Crippen LogP contribution in [0.3, 0.4) is 0 Å². The molecule has 94 valence electrons. The molecule has 0 aromatic carbocycles. The lowest BCUT2D eigenvalue weighted by Gasteiger charge is -2.24. The van der Waals surface area contributed by atoms with Crippen molar-refractivity contribution in [2.45, 2.75) is 51.6 Å². The maximum atomic E-state index is 11.7. The number of nitrogens with one attached hydrogen (secondary N) is 2. The molecule has 0 saturated carbocycles. The van der Waals surface area contributed by atoms with Crippen molar-refractivity contribution >= 4 is 5.91 Å². The van der Waals surface area contributed by atoms with Gasteiger partial charge in [0, 0.05) is 25.0 Å². The van der Waals surface area contributed by atoms with Crippen LogP contribution in [0.1, 0.15) is 39.5 Å². The second-order valence-electron chi connectivity index (χ2n) is 4.54. The van der Waals surface area contributed by atoms with Crippen LogP contribution in [-0.4, -0.2) is 37.7 Å². The molecule has 1 heterocycles. The van der Waals surface area contributed by atoms with E-state index in [2.05, 4.69) is 24.5 Å². The van der Waals surface area contributed by atoms with E-state index in [9.17, 15) is 4.79 Å². The minimum atomic E-state index is 0.131. The first-order valence-electron chi connectivity index (χ1n) is 6.33. The standard InChI is InChI=1S/C12H24N2O2/c1-3-4-5-10(2)14-12(15)8-11-9-16-7-6-13-11/h10-11,13H,3-9H2,1-2H3,(H,14,15). The Hall–Kier alpha value is -0.610. The molecule has 16 heavy (non-hydrogen) atoms. The minimum Gasteiger partial charge on any atom is -0.378 e. The molecule has 1 fully saturated rings. The molecule has 0 bridgehead atoms. The largest absolute Gasteiger partial charge is 0.378 e. The first-order chi connectivity index (χ1) is 7.72. The van der Waals surface area contributed by atoms with Crippen LogP contribution in [0, 0.1) is 0 Å². The lowest BCUT2D eigenvalue weighted by atomic mass is 10.1.